The van der Waals surface area contributed by atoms with Crippen LogP contribution < -0.4 is 33.9 Å². The summed E-state index contributed by atoms with van der Waals surface area (Å²) in [4.78, 5) is 0. The molecule has 0 aliphatic heterocycles. The Morgan fingerprint density at radius 3 is 1.81 bits per heavy atom. The Bertz CT molecular complexity index is 1250. The first-order chi connectivity index (χ1) is 14.4. The van der Waals surface area contributed by atoms with Gasteiger partial charge in [-0.1, -0.05) is 60.7 Å². The normalized spacial score (nSPS) is 10.2. The smallest absolute Gasteiger partial charge is 0.218 e. The number of pyridine rings is 2. The van der Waals surface area contributed by atoms with Crippen molar-refractivity contribution >= 4 is 10.8 Å². The fraction of sp³-hybridized carbons (Fsp3) is 0.0370. The number of nitrogens with zero attached hydrogens (tertiary/aromatic N) is 2. The van der Waals surface area contributed by atoms with E-state index in [1.165, 1.54) is 33.2 Å². The molecule has 0 spiro atoms. The highest BCUT2D eigenvalue weighted by molar-refractivity contribution is 5.88. The van der Waals surface area contributed by atoms with Crippen LogP contribution in [0.3, 0.4) is 0 Å². The van der Waals surface area contributed by atoms with E-state index in [0.29, 0.717) is 0 Å². The van der Waals surface area contributed by atoms with Gasteiger partial charge in [-0.15, -0.1) is 0 Å². The van der Waals surface area contributed by atoms with Crippen molar-refractivity contribution in [1.82, 2.24) is 0 Å². The summed E-state index contributed by atoms with van der Waals surface area (Å²) in [5.41, 5.74) is 4.94. The van der Waals surface area contributed by atoms with E-state index in [-0.39, 0.29) is 24.8 Å². The molecule has 0 amide bonds. The van der Waals surface area contributed by atoms with Crippen molar-refractivity contribution in [2.75, 3.05) is 0 Å². The Hall–Kier alpha value is -3.20. The Balaban J connectivity index is 0.00000136. The summed E-state index contributed by atoms with van der Waals surface area (Å²) in [7, 11) is 0. The predicted octanol–water partition coefficient (Wildman–Crippen LogP) is -0.873. The molecule has 0 N–H and O–H groups in total. The minimum absolute atomic E-state index is 0. The highest BCUT2D eigenvalue weighted by atomic mass is 35.5. The molecule has 0 bridgehead atoms. The van der Waals surface area contributed by atoms with E-state index in [0.717, 1.165) is 6.54 Å². The van der Waals surface area contributed by atoms with Gasteiger partial charge in [0.15, 0.2) is 31.3 Å². The van der Waals surface area contributed by atoms with E-state index >= 15 is 0 Å². The van der Waals surface area contributed by atoms with Crippen molar-refractivity contribution in [2.24, 2.45) is 0 Å². The average molecular weight is 445 g/mol. The molecule has 3 aromatic carbocycles. The maximum absolute atomic E-state index is 2.21. The summed E-state index contributed by atoms with van der Waals surface area (Å²) in [5.74, 6) is 0. The molecule has 2 heterocycles. The first-order valence-corrected chi connectivity index (χ1v) is 9.90. The second-order valence-electron chi connectivity index (χ2n) is 7.24. The minimum Gasteiger partial charge on any atom is -1.00 e. The lowest BCUT2D eigenvalue weighted by atomic mass is 10.1. The third-order valence-electron chi connectivity index (χ3n) is 5.31. The topological polar surface area (TPSA) is 7.76 Å². The van der Waals surface area contributed by atoms with E-state index in [4.69, 9.17) is 0 Å². The summed E-state index contributed by atoms with van der Waals surface area (Å²) in [6, 6.07) is 34.2. The van der Waals surface area contributed by atoms with Crippen molar-refractivity contribution < 1.29 is 33.9 Å². The molecule has 0 saturated heterocycles. The highest BCUT2D eigenvalue weighted by Gasteiger charge is 2.11. The Morgan fingerprint density at radius 1 is 0.516 bits per heavy atom. The van der Waals surface area contributed by atoms with Gasteiger partial charge in [0.1, 0.15) is 0 Å². The molecule has 154 valence electrons. The minimum atomic E-state index is 0. The zero-order chi connectivity index (χ0) is 19.5. The van der Waals surface area contributed by atoms with Gasteiger partial charge in [0.05, 0.1) is 5.39 Å². The molecule has 5 aromatic rings. The molecule has 31 heavy (non-hydrogen) atoms. The predicted molar refractivity (Wildman–Crippen MR) is 117 cm³/mol. The first-order valence-electron chi connectivity index (χ1n) is 9.90. The molecule has 4 heteroatoms. The molecule has 0 atom stereocenters. The van der Waals surface area contributed by atoms with Crippen LogP contribution in [0.5, 0.6) is 0 Å². The summed E-state index contributed by atoms with van der Waals surface area (Å²) < 4.78 is 4.39. The molecule has 5 rings (SSSR count). The Morgan fingerprint density at radius 2 is 1.10 bits per heavy atom. The molecular weight excluding hydrogens is 423 g/mol. The summed E-state index contributed by atoms with van der Waals surface area (Å²) >= 11 is 0. The Kier molecular flexibility index (Phi) is 7.41. The van der Waals surface area contributed by atoms with E-state index in [9.17, 15) is 0 Å². The number of aromatic nitrogens is 2. The zero-order valence-corrected chi connectivity index (χ0v) is 18.4. The lowest BCUT2D eigenvalue weighted by Crippen LogP contribution is -3.00. The van der Waals surface area contributed by atoms with Gasteiger partial charge in [-0.25, -0.2) is 4.57 Å². The van der Waals surface area contributed by atoms with E-state index in [2.05, 4.69) is 131 Å². The van der Waals surface area contributed by atoms with Gasteiger partial charge < -0.3 is 24.8 Å². The van der Waals surface area contributed by atoms with Gasteiger partial charge >= 0.3 is 0 Å². The van der Waals surface area contributed by atoms with Gasteiger partial charge in [-0.3, -0.25) is 0 Å². The van der Waals surface area contributed by atoms with Crippen molar-refractivity contribution in [3.63, 3.8) is 0 Å². The molecule has 0 radical (unpaired) electrons. The molecule has 0 aliphatic rings. The van der Waals surface area contributed by atoms with Gasteiger partial charge in [-0.2, -0.15) is 4.57 Å². The molecule has 0 saturated carbocycles. The molecule has 2 nitrogen and oxygen atoms in total. The second-order valence-corrected chi connectivity index (χ2v) is 7.24. The number of rotatable bonds is 4. The zero-order valence-electron chi connectivity index (χ0n) is 16.9. The molecule has 0 aliphatic carbocycles. The van der Waals surface area contributed by atoms with Crippen LogP contribution in [0.25, 0.3) is 27.6 Å². The van der Waals surface area contributed by atoms with Crippen LogP contribution in [0.2, 0.25) is 0 Å². The molecule has 2 aromatic heterocycles. The van der Waals surface area contributed by atoms with Gasteiger partial charge in [0.2, 0.25) is 5.69 Å². The summed E-state index contributed by atoms with van der Waals surface area (Å²) in [5, 5.41) is 2.52. The maximum Gasteiger partial charge on any atom is 0.218 e. The van der Waals surface area contributed by atoms with Crippen LogP contribution in [0.15, 0.2) is 122 Å². The van der Waals surface area contributed by atoms with Crippen LogP contribution in [0.1, 0.15) is 5.56 Å². The SMILES string of the molecule is [Cl-].[Cl-].c1ccc(C[n+]2ccc(-c3cc[n+](-c4cccc5ccccc45)cc3)cc2)cc1. The third-order valence-corrected chi connectivity index (χ3v) is 5.31. The van der Waals surface area contributed by atoms with Crippen LogP contribution >= 0.6 is 0 Å². The number of hydrogen-bond acceptors (Lipinski definition) is 0. The lowest BCUT2D eigenvalue weighted by Gasteiger charge is -2.03. The standard InChI is InChI=1S/C27H22N2.2ClH/c1-2-7-22(8-3-1)21-28-17-13-23(14-18-28)24-15-19-29(20-16-24)27-12-6-10-25-9-4-5-11-26(25)27;;/h1-20H,21H2;2*1H/q+2;;/p-2. The van der Waals surface area contributed by atoms with E-state index in [1.54, 1.807) is 0 Å². The largest absolute Gasteiger partial charge is 1.00 e. The quantitative estimate of drug-likeness (QED) is 0.318. The van der Waals surface area contributed by atoms with Crippen LogP contribution in [0, 0.1) is 0 Å². The average Bonchev–Trinajstić information content (AvgIpc) is 2.80. The number of hydrogen-bond donors (Lipinski definition) is 0. The van der Waals surface area contributed by atoms with Gasteiger partial charge in [0.25, 0.3) is 0 Å². The monoisotopic (exact) mass is 444 g/mol. The van der Waals surface area contributed by atoms with Crippen molar-refractivity contribution in [3.05, 3.63) is 127 Å². The highest BCUT2D eigenvalue weighted by Crippen LogP contribution is 2.20. The third kappa shape index (κ3) is 4.93. The van der Waals surface area contributed by atoms with E-state index in [1.807, 2.05) is 0 Å². The summed E-state index contributed by atoms with van der Waals surface area (Å²) in [6.45, 7) is 0.886. The van der Waals surface area contributed by atoms with Gasteiger partial charge in [-0.05, 0) is 22.6 Å². The van der Waals surface area contributed by atoms with E-state index < -0.39 is 0 Å². The van der Waals surface area contributed by atoms with Gasteiger partial charge in [0, 0.05) is 35.9 Å². The van der Waals surface area contributed by atoms with Crippen molar-refractivity contribution in [1.29, 1.82) is 0 Å². The number of fused-ring (bicyclic) bond motifs is 1. The fourth-order valence-corrected chi connectivity index (χ4v) is 3.76. The molecule has 0 unspecified atom stereocenters. The number of benzene rings is 3. The fourth-order valence-electron chi connectivity index (χ4n) is 3.76. The van der Waals surface area contributed by atoms with Crippen molar-refractivity contribution in [3.8, 4) is 16.8 Å². The van der Waals surface area contributed by atoms with Crippen LogP contribution in [0.4, 0.5) is 0 Å². The van der Waals surface area contributed by atoms with Crippen molar-refractivity contribution in [2.45, 2.75) is 6.54 Å². The van der Waals surface area contributed by atoms with Crippen LogP contribution in [-0.2, 0) is 6.54 Å². The molecule has 0 fully saturated rings. The lowest BCUT2D eigenvalue weighted by molar-refractivity contribution is -0.688. The first kappa shape index (κ1) is 22.5. The number of halogens is 2. The molecular formula is C27H22Cl2N2. The second kappa shape index (κ2) is 10.2. The van der Waals surface area contributed by atoms with Crippen LogP contribution in [-0.4, -0.2) is 0 Å². The Labute approximate surface area is 195 Å². The maximum atomic E-state index is 2.21. The summed E-state index contributed by atoms with van der Waals surface area (Å²) in [6.07, 6.45) is 8.58.